The fourth-order valence-corrected chi connectivity index (χ4v) is 1.80. The van der Waals surface area contributed by atoms with Gasteiger partial charge >= 0.3 is 5.97 Å². The second kappa shape index (κ2) is 11.0. The molecule has 3 atom stereocenters. The monoisotopic (exact) mass is 375 g/mol. The van der Waals surface area contributed by atoms with Gasteiger partial charge < -0.3 is 37.6 Å². The number of hydrogen-bond acceptors (Lipinski definition) is 7. The third-order valence-corrected chi connectivity index (χ3v) is 3.24. The van der Waals surface area contributed by atoms with Crippen LogP contribution >= 0.6 is 0 Å². The largest absolute Gasteiger partial charge is 0.480 e. The van der Waals surface area contributed by atoms with Crippen molar-refractivity contribution in [3.05, 3.63) is 0 Å². The first-order valence-electron chi connectivity index (χ1n) is 7.74. The van der Waals surface area contributed by atoms with E-state index in [-0.39, 0.29) is 5.92 Å². The molecule has 0 spiro atoms. The van der Waals surface area contributed by atoms with Crippen LogP contribution in [0.3, 0.4) is 0 Å². The molecule has 4 amide bonds. The molecule has 0 saturated carbocycles. The smallest absolute Gasteiger partial charge is 0.326 e. The number of carbonyl (C=O) groups excluding carboxylic acids is 4. The Hall–Kier alpha value is -2.73. The van der Waals surface area contributed by atoms with Gasteiger partial charge in [-0.1, -0.05) is 13.8 Å². The Bertz CT molecular complexity index is 552. The number of carboxylic acid groups (broad SMARTS) is 1. The Labute approximate surface area is 149 Å². The van der Waals surface area contributed by atoms with Crippen molar-refractivity contribution in [3.63, 3.8) is 0 Å². The van der Waals surface area contributed by atoms with E-state index in [1.165, 1.54) is 0 Å². The van der Waals surface area contributed by atoms with Gasteiger partial charge in [-0.15, -0.1) is 0 Å². The van der Waals surface area contributed by atoms with Crippen molar-refractivity contribution in [3.8, 4) is 0 Å². The van der Waals surface area contributed by atoms with Gasteiger partial charge in [0, 0.05) is 0 Å². The van der Waals surface area contributed by atoms with E-state index in [0.717, 1.165) is 0 Å². The number of carbonyl (C=O) groups is 5. The third kappa shape index (κ3) is 8.39. The highest BCUT2D eigenvalue weighted by atomic mass is 16.4. The second-order valence-corrected chi connectivity index (χ2v) is 5.87. The van der Waals surface area contributed by atoms with Gasteiger partial charge in [0.1, 0.15) is 18.1 Å². The van der Waals surface area contributed by atoms with Crippen LogP contribution in [0.4, 0.5) is 0 Å². The third-order valence-electron chi connectivity index (χ3n) is 3.24. The molecule has 26 heavy (non-hydrogen) atoms. The van der Waals surface area contributed by atoms with Crippen molar-refractivity contribution >= 4 is 29.6 Å². The van der Waals surface area contributed by atoms with Gasteiger partial charge in [0.05, 0.1) is 19.6 Å². The van der Waals surface area contributed by atoms with Crippen molar-refractivity contribution in [2.45, 2.75) is 38.4 Å². The molecule has 0 aromatic carbocycles. The van der Waals surface area contributed by atoms with E-state index in [9.17, 15) is 24.0 Å². The molecule has 3 unspecified atom stereocenters. The number of aliphatic hydroxyl groups is 1. The molecule has 0 saturated heterocycles. The van der Waals surface area contributed by atoms with Crippen LogP contribution in [0.1, 0.15) is 20.3 Å². The van der Waals surface area contributed by atoms with Crippen molar-refractivity contribution in [1.29, 1.82) is 0 Å². The van der Waals surface area contributed by atoms with E-state index >= 15 is 0 Å². The predicted molar refractivity (Wildman–Crippen MR) is 88.2 cm³/mol. The molecule has 0 bridgehead atoms. The van der Waals surface area contributed by atoms with Crippen LogP contribution in [0.2, 0.25) is 0 Å². The van der Waals surface area contributed by atoms with Crippen LogP contribution < -0.4 is 27.4 Å². The van der Waals surface area contributed by atoms with Crippen LogP contribution in [0.25, 0.3) is 0 Å². The van der Waals surface area contributed by atoms with Crippen LogP contribution in [0.15, 0.2) is 0 Å². The predicted octanol–water partition coefficient (Wildman–Crippen LogP) is -3.99. The normalized spacial score (nSPS) is 14.0. The van der Waals surface area contributed by atoms with Crippen LogP contribution in [-0.2, 0) is 24.0 Å². The number of carboxylic acids is 1. The highest BCUT2D eigenvalue weighted by Gasteiger charge is 2.27. The molecule has 0 aromatic heterocycles. The SMILES string of the molecule is CC(C)C(NC(=O)C(N)CO)C(=O)NCC(=O)NC(CC(N)=O)C(=O)O. The summed E-state index contributed by atoms with van der Waals surface area (Å²) < 4.78 is 0. The Morgan fingerprint density at radius 3 is 2.04 bits per heavy atom. The Balaban J connectivity index is 4.71. The summed E-state index contributed by atoms with van der Waals surface area (Å²) in [5, 5.41) is 24.4. The van der Waals surface area contributed by atoms with E-state index in [1.807, 2.05) is 5.32 Å². The number of rotatable bonds is 11. The molecular formula is C14H25N5O7. The molecule has 9 N–H and O–H groups in total. The zero-order chi connectivity index (χ0) is 20.4. The maximum atomic E-state index is 12.1. The molecule has 0 aliphatic carbocycles. The fraction of sp³-hybridized carbons (Fsp3) is 0.643. The van der Waals surface area contributed by atoms with E-state index in [1.54, 1.807) is 13.8 Å². The lowest BCUT2D eigenvalue weighted by Crippen LogP contribution is -2.56. The maximum Gasteiger partial charge on any atom is 0.326 e. The number of aliphatic hydroxyl groups excluding tert-OH is 1. The second-order valence-electron chi connectivity index (χ2n) is 5.87. The lowest BCUT2D eigenvalue weighted by Gasteiger charge is -2.23. The van der Waals surface area contributed by atoms with Gasteiger partial charge in [-0.05, 0) is 5.92 Å². The molecule has 0 aromatic rings. The lowest BCUT2D eigenvalue weighted by atomic mass is 10.0. The van der Waals surface area contributed by atoms with Crippen LogP contribution in [0, 0.1) is 5.92 Å². The molecule has 0 aliphatic rings. The summed E-state index contributed by atoms with van der Waals surface area (Å²) >= 11 is 0. The van der Waals surface area contributed by atoms with Gasteiger partial charge in [-0.3, -0.25) is 19.2 Å². The van der Waals surface area contributed by atoms with E-state index in [4.69, 9.17) is 21.7 Å². The standard InChI is InChI=1S/C14H25N5O7/c1-6(2)11(19-12(23)7(15)5-20)13(24)17-4-10(22)18-8(14(25)26)3-9(16)21/h6-8,11,20H,3-5,15H2,1-2H3,(H2,16,21)(H,17,24)(H,18,22)(H,19,23)(H,25,26). The summed E-state index contributed by atoms with van der Waals surface area (Å²) in [4.78, 5) is 57.3. The average Bonchev–Trinajstić information content (AvgIpc) is 2.54. The molecule has 12 nitrogen and oxygen atoms in total. The number of amides is 4. The minimum atomic E-state index is -1.51. The molecule has 0 radical (unpaired) electrons. The molecule has 148 valence electrons. The highest BCUT2D eigenvalue weighted by molar-refractivity contribution is 5.93. The lowest BCUT2D eigenvalue weighted by molar-refractivity contribution is -0.143. The van der Waals surface area contributed by atoms with Crippen molar-refractivity contribution < 1.29 is 34.2 Å². The molecule has 0 rings (SSSR count). The number of primary amides is 1. The summed E-state index contributed by atoms with van der Waals surface area (Å²) in [6.07, 6.45) is -0.598. The van der Waals surface area contributed by atoms with E-state index in [2.05, 4.69) is 10.6 Å². The van der Waals surface area contributed by atoms with Gasteiger partial charge in [-0.2, -0.15) is 0 Å². The highest BCUT2D eigenvalue weighted by Crippen LogP contribution is 2.02. The molecular weight excluding hydrogens is 350 g/mol. The Kier molecular flexibility index (Phi) is 9.84. The van der Waals surface area contributed by atoms with E-state index in [0.29, 0.717) is 0 Å². The van der Waals surface area contributed by atoms with Crippen molar-refractivity contribution in [1.82, 2.24) is 16.0 Å². The summed E-state index contributed by atoms with van der Waals surface area (Å²) in [5.41, 5.74) is 10.3. The zero-order valence-electron chi connectivity index (χ0n) is 14.5. The topological polar surface area (TPSA) is 214 Å². The van der Waals surface area contributed by atoms with Crippen molar-refractivity contribution in [2.75, 3.05) is 13.2 Å². The summed E-state index contributed by atoms with van der Waals surface area (Å²) in [7, 11) is 0. The summed E-state index contributed by atoms with van der Waals surface area (Å²) in [6, 6.07) is -3.73. The summed E-state index contributed by atoms with van der Waals surface area (Å²) in [6.45, 7) is 2.11. The number of hydrogen-bond donors (Lipinski definition) is 7. The first-order chi connectivity index (χ1) is 12.0. The number of aliphatic carboxylic acids is 1. The maximum absolute atomic E-state index is 12.1. The molecule has 0 fully saturated rings. The average molecular weight is 375 g/mol. The van der Waals surface area contributed by atoms with Crippen molar-refractivity contribution in [2.24, 2.45) is 17.4 Å². The zero-order valence-corrected chi connectivity index (χ0v) is 14.5. The number of nitrogens with two attached hydrogens (primary N) is 2. The minimum Gasteiger partial charge on any atom is -0.480 e. The minimum absolute atomic E-state index is 0.352. The Morgan fingerprint density at radius 2 is 1.62 bits per heavy atom. The van der Waals surface area contributed by atoms with Gasteiger partial charge in [0.25, 0.3) is 0 Å². The first kappa shape index (κ1) is 23.3. The van der Waals surface area contributed by atoms with Crippen LogP contribution in [0.5, 0.6) is 0 Å². The Morgan fingerprint density at radius 1 is 1.04 bits per heavy atom. The number of nitrogens with one attached hydrogen (secondary N) is 3. The molecule has 12 heteroatoms. The van der Waals surface area contributed by atoms with E-state index < -0.39 is 67.3 Å². The fourth-order valence-electron chi connectivity index (χ4n) is 1.80. The molecule has 0 heterocycles. The quantitative estimate of drug-likeness (QED) is 0.188. The first-order valence-corrected chi connectivity index (χ1v) is 7.74. The van der Waals surface area contributed by atoms with Crippen LogP contribution in [-0.4, -0.2) is 71.1 Å². The van der Waals surface area contributed by atoms with Gasteiger partial charge in [-0.25, -0.2) is 4.79 Å². The van der Waals surface area contributed by atoms with Gasteiger partial charge in [0.2, 0.25) is 23.6 Å². The van der Waals surface area contributed by atoms with Gasteiger partial charge in [0.15, 0.2) is 0 Å². The molecule has 0 aliphatic heterocycles. The summed E-state index contributed by atoms with van der Waals surface area (Å²) in [5.74, 6) is -5.01.